The minimum Gasteiger partial charge on any atom is -0.460 e. The third kappa shape index (κ3) is 2.62. The van der Waals surface area contributed by atoms with Crippen LogP contribution in [0.4, 0.5) is 4.39 Å². The summed E-state index contributed by atoms with van der Waals surface area (Å²) in [7, 11) is 1.67. The maximum absolute atomic E-state index is 13.2. The van der Waals surface area contributed by atoms with Crippen LogP contribution in [0.2, 0.25) is 0 Å². The molecule has 0 amide bonds. The van der Waals surface area contributed by atoms with Crippen molar-refractivity contribution in [2.45, 2.75) is 13.8 Å². The molecule has 0 unspecified atom stereocenters. The van der Waals surface area contributed by atoms with Gasteiger partial charge in [-0.05, 0) is 37.6 Å². The van der Waals surface area contributed by atoms with Crippen LogP contribution in [0, 0.1) is 12.7 Å². The van der Waals surface area contributed by atoms with Crippen molar-refractivity contribution >= 4 is 5.97 Å². The van der Waals surface area contributed by atoms with E-state index in [-0.39, 0.29) is 18.2 Å². The molecule has 1 aromatic carbocycles. The molecule has 0 aliphatic heterocycles. The fourth-order valence-corrected chi connectivity index (χ4v) is 1.70. The van der Waals surface area contributed by atoms with E-state index < -0.39 is 5.97 Å². The van der Waals surface area contributed by atoms with E-state index >= 15 is 0 Å². The van der Waals surface area contributed by atoms with Gasteiger partial charge in [0.2, 0.25) is 0 Å². The normalized spacial score (nSPS) is 10.5. The Bertz CT molecular complexity index is 622. The zero-order valence-corrected chi connectivity index (χ0v) is 11.0. The molecule has 100 valence electrons. The Balaban J connectivity index is 2.40. The summed E-state index contributed by atoms with van der Waals surface area (Å²) in [6, 6.07) is 4.62. The largest absolute Gasteiger partial charge is 0.460 e. The molecule has 1 aromatic heterocycles. The number of carbonyl (C=O) groups is 1. The lowest BCUT2D eigenvalue weighted by Gasteiger charge is -2.02. The van der Waals surface area contributed by atoms with Crippen LogP contribution in [-0.2, 0) is 11.8 Å². The number of ether oxygens (including phenoxy) is 1. The summed E-state index contributed by atoms with van der Waals surface area (Å²) < 4.78 is 19.5. The number of esters is 1. The number of rotatable bonds is 3. The van der Waals surface area contributed by atoms with Gasteiger partial charge in [-0.2, -0.15) is 0 Å². The molecule has 0 saturated heterocycles. The van der Waals surface area contributed by atoms with Gasteiger partial charge in [0.05, 0.1) is 6.61 Å². The van der Waals surface area contributed by atoms with Crippen LogP contribution in [0.25, 0.3) is 11.4 Å². The van der Waals surface area contributed by atoms with E-state index in [0.717, 1.165) is 0 Å². The first-order chi connectivity index (χ1) is 9.02. The Morgan fingerprint density at radius 3 is 2.84 bits per heavy atom. The van der Waals surface area contributed by atoms with Crippen molar-refractivity contribution < 1.29 is 13.9 Å². The Kier molecular flexibility index (Phi) is 3.59. The maximum Gasteiger partial charge on any atom is 0.378 e. The fourth-order valence-electron chi connectivity index (χ4n) is 1.70. The van der Waals surface area contributed by atoms with Crippen LogP contribution in [0.5, 0.6) is 0 Å². The number of hydrogen-bond acceptors (Lipinski definition) is 4. The number of benzene rings is 1. The number of nitrogens with zero attached hydrogens (tertiary/aromatic N) is 3. The predicted molar refractivity (Wildman–Crippen MR) is 67.1 cm³/mol. The first kappa shape index (κ1) is 13.2. The molecule has 19 heavy (non-hydrogen) atoms. The van der Waals surface area contributed by atoms with Crippen molar-refractivity contribution in [1.82, 2.24) is 14.8 Å². The summed E-state index contributed by atoms with van der Waals surface area (Å²) in [5.41, 5.74) is 1.21. The molecule has 0 spiro atoms. The molecular weight excluding hydrogens is 249 g/mol. The lowest BCUT2D eigenvalue weighted by Crippen LogP contribution is -2.07. The van der Waals surface area contributed by atoms with Gasteiger partial charge >= 0.3 is 5.97 Å². The minimum atomic E-state index is -0.566. The van der Waals surface area contributed by atoms with E-state index in [9.17, 15) is 9.18 Å². The van der Waals surface area contributed by atoms with Gasteiger partial charge in [-0.15, -0.1) is 5.10 Å². The Labute approximate surface area is 110 Å². The Morgan fingerprint density at radius 2 is 2.21 bits per heavy atom. The molecule has 6 heteroatoms. The highest BCUT2D eigenvalue weighted by molar-refractivity contribution is 5.85. The summed E-state index contributed by atoms with van der Waals surface area (Å²) in [5, 5.41) is 3.99. The second-order valence-corrected chi connectivity index (χ2v) is 4.07. The summed E-state index contributed by atoms with van der Waals surface area (Å²) in [6.45, 7) is 3.65. The van der Waals surface area contributed by atoms with Crippen LogP contribution < -0.4 is 0 Å². The van der Waals surface area contributed by atoms with Gasteiger partial charge in [-0.25, -0.2) is 18.9 Å². The quantitative estimate of drug-likeness (QED) is 0.796. The first-order valence-electron chi connectivity index (χ1n) is 5.87. The van der Waals surface area contributed by atoms with Crippen molar-refractivity contribution in [3.63, 3.8) is 0 Å². The summed E-state index contributed by atoms with van der Waals surface area (Å²) in [6.07, 6.45) is 0. The van der Waals surface area contributed by atoms with E-state index in [4.69, 9.17) is 4.74 Å². The van der Waals surface area contributed by atoms with Gasteiger partial charge in [0.15, 0.2) is 5.82 Å². The van der Waals surface area contributed by atoms with Gasteiger partial charge in [0.25, 0.3) is 5.82 Å². The molecule has 0 saturated carbocycles. The minimum absolute atomic E-state index is 0.00123. The molecule has 0 atom stereocenters. The van der Waals surface area contributed by atoms with Gasteiger partial charge < -0.3 is 4.74 Å². The Morgan fingerprint density at radius 1 is 1.47 bits per heavy atom. The summed E-state index contributed by atoms with van der Waals surface area (Å²) in [4.78, 5) is 15.7. The molecular formula is C13H14FN3O2. The SMILES string of the molecule is CCOC(=O)c1nc(-c2ccc(F)c(C)c2)n(C)n1. The van der Waals surface area contributed by atoms with E-state index in [0.29, 0.717) is 17.0 Å². The van der Waals surface area contributed by atoms with Crippen molar-refractivity contribution in [1.29, 1.82) is 0 Å². The first-order valence-corrected chi connectivity index (χ1v) is 5.87. The third-order valence-electron chi connectivity index (χ3n) is 2.64. The highest BCUT2D eigenvalue weighted by Gasteiger charge is 2.17. The predicted octanol–water partition coefficient (Wildman–Crippen LogP) is 2.11. The summed E-state index contributed by atoms with van der Waals surface area (Å²) >= 11 is 0. The second kappa shape index (κ2) is 5.17. The number of aryl methyl sites for hydroxylation is 2. The summed E-state index contributed by atoms with van der Waals surface area (Å²) in [5.74, 6) is -0.354. The maximum atomic E-state index is 13.2. The molecule has 2 rings (SSSR count). The van der Waals surface area contributed by atoms with Crippen molar-refractivity contribution in [2.75, 3.05) is 6.61 Å². The van der Waals surface area contributed by atoms with Crippen molar-refractivity contribution in [2.24, 2.45) is 7.05 Å². The van der Waals surface area contributed by atoms with Crippen molar-refractivity contribution in [3.8, 4) is 11.4 Å². The van der Waals surface area contributed by atoms with Gasteiger partial charge in [-0.3, -0.25) is 0 Å². The van der Waals surface area contributed by atoms with Gasteiger partial charge in [0.1, 0.15) is 5.82 Å². The molecule has 0 fully saturated rings. The number of hydrogen-bond donors (Lipinski definition) is 0. The second-order valence-electron chi connectivity index (χ2n) is 4.07. The molecule has 2 aromatic rings. The fraction of sp³-hybridized carbons (Fsp3) is 0.308. The van der Waals surface area contributed by atoms with Crippen molar-refractivity contribution in [3.05, 3.63) is 35.4 Å². The molecule has 5 nitrogen and oxygen atoms in total. The molecule has 0 radical (unpaired) electrons. The van der Waals surface area contributed by atoms with Crippen LogP contribution in [0.3, 0.4) is 0 Å². The van der Waals surface area contributed by atoms with Crippen LogP contribution in [-0.4, -0.2) is 27.3 Å². The number of aromatic nitrogens is 3. The van der Waals surface area contributed by atoms with Crippen LogP contribution >= 0.6 is 0 Å². The number of halogens is 1. The monoisotopic (exact) mass is 263 g/mol. The molecule has 0 bridgehead atoms. The number of carbonyl (C=O) groups excluding carboxylic acids is 1. The van der Waals surface area contributed by atoms with Gasteiger partial charge in [-0.1, -0.05) is 0 Å². The standard InChI is InChI=1S/C13H14FN3O2/c1-4-19-13(18)11-15-12(17(3)16-11)9-5-6-10(14)8(2)7-9/h5-7H,4H2,1-3H3. The van der Waals surface area contributed by atoms with E-state index in [1.807, 2.05) is 0 Å². The highest BCUT2D eigenvalue weighted by Crippen LogP contribution is 2.19. The highest BCUT2D eigenvalue weighted by atomic mass is 19.1. The lowest BCUT2D eigenvalue weighted by atomic mass is 10.1. The lowest BCUT2D eigenvalue weighted by molar-refractivity contribution is 0.0512. The Hall–Kier alpha value is -2.24. The van der Waals surface area contributed by atoms with Crippen LogP contribution in [0.15, 0.2) is 18.2 Å². The average Bonchev–Trinajstić information content (AvgIpc) is 2.75. The van der Waals surface area contributed by atoms with Crippen LogP contribution in [0.1, 0.15) is 23.1 Å². The topological polar surface area (TPSA) is 57.0 Å². The van der Waals surface area contributed by atoms with E-state index in [1.54, 1.807) is 33.0 Å². The molecule has 0 aliphatic carbocycles. The van der Waals surface area contributed by atoms with Gasteiger partial charge in [0, 0.05) is 12.6 Å². The smallest absolute Gasteiger partial charge is 0.378 e. The van der Waals surface area contributed by atoms with E-state index in [1.165, 1.54) is 10.7 Å². The van der Waals surface area contributed by atoms with E-state index in [2.05, 4.69) is 10.1 Å². The molecule has 0 aliphatic rings. The zero-order chi connectivity index (χ0) is 14.0. The zero-order valence-electron chi connectivity index (χ0n) is 11.0. The molecule has 0 N–H and O–H groups in total. The molecule has 1 heterocycles. The third-order valence-corrected chi connectivity index (χ3v) is 2.64. The average molecular weight is 263 g/mol.